The Hall–Kier alpha value is -4.36. The minimum atomic E-state index is -4.16. The van der Waals surface area contributed by atoms with Crippen molar-refractivity contribution in [1.82, 2.24) is 29.7 Å². The molecule has 13 heteroatoms. The Labute approximate surface area is 233 Å². The first-order valence-electron chi connectivity index (χ1n) is 12.3. The highest BCUT2D eigenvalue weighted by molar-refractivity contribution is 7.93. The van der Waals surface area contributed by atoms with E-state index < -0.39 is 21.4 Å². The Morgan fingerprint density at radius 2 is 1.70 bits per heavy atom. The molecule has 0 aliphatic heterocycles. The van der Waals surface area contributed by atoms with Crippen molar-refractivity contribution in [3.8, 4) is 28.6 Å². The summed E-state index contributed by atoms with van der Waals surface area (Å²) in [6.07, 6.45) is 7.06. The number of hydrogen-bond acceptors (Lipinski definition) is 10. The van der Waals surface area contributed by atoms with E-state index >= 15 is 0 Å². The Bertz CT molecular complexity index is 1570. The first-order chi connectivity index (χ1) is 19.2. The maximum Gasteiger partial charge on any atom is 0.243 e. The molecule has 3 aromatic heterocycles. The fourth-order valence-electron chi connectivity index (χ4n) is 4.00. The van der Waals surface area contributed by atoms with E-state index in [4.69, 9.17) is 14.2 Å². The van der Waals surface area contributed by atoms with E-state index in [0.29, 0.717) is 28.6 Å². The second kappa shape index (κ2) is 12.2. The molecule has 2 atom stereocenters. The van der Waals surface area contributed by atoms with Gasteiger partial charge in [-0.15, -0.1) is 16.8 Å². The molecule has 0 saturated carbocycles. The number of hydrogen-bond donors (Lipinski definition) is 1. The molecule has 0 amide bonds. The van der Waals surface area contributed by atoms with Gasteiger partial charge in [-0.2, -0.15) is 0 Å². The average Bonchev–Trinajstić information content (AvgIpc) is 3.35. The predicted molar refractivity (Wildman–Crippen MR) is 150 cm³/mol. The van der Waals surface area contributed by atoms with Crippen molar-refractivity contribution in [2.75, 3.05) is 25.5 Å². The van der Waals surface area contributed by atoms with Gasteiger partial charge >= 0.3 is 0 Å². The zero-order valence-electron chi connectivity index (χ0n) is 22.9. The molecule has 0 unspecified atom stereocenters. The number of aryl methyl sites for hydroxylation is 2. The Balaban J connectivity index is 1.84. The maximum absolute atomic E-state index is 13.8. The Morgan fingerprint density at radius 1 is 1.02 bits per heavy atom. The van der Waals surface area contributed by atoms with E-state index in [9.17, 15) is 8.42 Å². The topological polar surface area (TPSA) is 143 Å². The molecular formula is C27H31N7O5S. The molecule has 210 valence electrons. The fourth-order valence-corrected chi connectivity index (χ4v) is 5.10. The van der Waals surface area contributed by atoms with Crippen molar-refractivity contribution < 1.29 is 22.6 Å². The summed E-state index contributed by atoms with van der Waals surface area (Å²) in [6, 6.07) is 7.08. The minimum Gasteiger partial charge on any atom is -0.494 e. The van der Waals surface area contributed by atoms with Crippen LogP contribution in [0.5, 0.6) is 11.5 Å². The quantitative estimate of drug-likeness (QED) is 0.252. The molecule has 4 rings (SSSR count). The molecule has 40 heavy (non-hydrogen) atoms. The SMILES string of the molecule is C=CCO[C@@H](c1ncc(C)cn1)[C@H](C)S(=O)(=O)Nc1nnc(-c2cncc(C)c2)n1-c1c(OC)cccc1OC. The minimum absolute atomic E-state index is 0.0848. The van der Waals surface area contributed by atoms with Gasteiger partial charge < -0.3 is 14.2 Å². The number of pyridine rings is 1. The zero-order valence-corrected chi connectivity index (χ0v) is 23.7. The fraction of sp³-hybridized carbons (Fsp3) is 0.296. The molecular weight excluding hydrogens is 534 g/mol. The molecule has 12 nitrogen and oxygen atoms in total. The summed E-state index contributed by atoms with van der Waals surface area (Å²) in [5.41, 5.74) is 2.73. The van der Waals surface area contributed by atoms with Gasteiger partial charge in [0.25, 0.3) is 0 Å². The molecule has 0 aliphatic carbocycles. The van der Waals surface area contributed by atoms with E-state index in [0.717, 1.165) is 11.1 Å². The summed E-state index contributed by atoms with van der Waals surface area (Å²) < 4.78 is 48.8. The number of nitrogens with zero attached hydrogens (tertiary/aromatic N) is 6. The smallest absolute Gasteiger partial charge is 0.243 e. The molecule has 3 heterocycles. The highest BCUT2D eigenvalue weighted by atomic mass is 32.2. The average molecular weight is 566 g/mol. The van der Waals surface area contributed by atoms with Crippen LogP contribution in [-0.4, -0.2) is 64.2 Å². The van der Waals surface area contributed by atoms with Crippen LogP contribution in [0.25, 0.3) is 17.1 Å². The van der Waals surface area contributed by atoms with Crippen LogP contribution in [0.3, 0.4) is 0 Å². The predicted octanol–water partition coefficient (Wildman–Crippen LogP) is 3.83. The van der Waals surface area contributed by atoms with Crippen molar-refractivity contribution in [2.24, 2.45) is 0 Å². The summed E-state index contributed by atoms with van der Waals surface area (Å²) >= 11 is 0. The highest BCUT2D eigenvalue weighted by Gasteiger charge is 2.35. The second-order valence-electron chi connectivity index (χ2n) is 8.96. The van der Waals surface area contributed by atoms with Gasteiger partial charge in [0.2, 0.25) is 16.0 Å². The normalized spacial score (nSPS) is 12.9. The van der Waals surface area contributed by atoms with Crippen LogP contribution in [0, 0.1) is 13.8 Å². The Kier molecular flexibility index (Phi) is 8.75. The number of sulfonamides is 1. The third-order valence-electron chi connectivity index (χ3n) is 6.02. The van der Waals surface area contributed by atoms with Crippen molar-refractivity contribution in [3.05, 3.63) is 78.7 Å². The van der Waals surface area contributed by atoms with E-state index in [1.165, 1.54) is 31.8 Å². The lowest BCUT2D eigenvalue weighted by Crippen LogP contribution is -2.34. The Morgan fingerprint density at radius 3 is 2.30 bits per heavy atom. The van der Waals surface area contributed by atoms with Gasteiger partial charge in [0.1, 0.15) is 28.5 Å². The van der Waals surface area contributed by atoms with Crippen molar-refractivity contribution >= 4 is 16.0 Å². The molecule has 0 fully saturated rings. The maximum atomic E-state index is 13.8. The summed E-state index contributed by atoms with van der Waals surface area (Å²) in [4.78, 5) is 12.9. The van der Waals surface area contributed by atoms with Crippen molar-refractivity contribution in [1.29, 1.82) is 0 Å². The number of benzene rings is 1. The van der Waals surface area contributed by atoms with Gasteiger partial charge in [-0.1, -0.05) is 12.1 Å². The van der Waals surface area contributed by atoms with Gasteiger partial charge in [0.05, 0.1) is 20.8 Å². The highest BCUT2D eigenvalue weighted by Crippen LogP contribution is 2.38. The monoisotopic (exact) mass is 565 g/mol. The van der Waals surface area contributed by atoms with Crippen LogP contribution in [0.2, 0.25) is 0 Å². The standard InChI is InChI=1S/C27H31N7O5S/c1-7-11-39-24(25-29-14-18(3)15-30-25)19(4)40(35,36)33-27-32-31-26(20-12-17(2)13-28-16-20)34(27)23-21(37-5)9-8-10-22(23)38-6/h7-10,12-16,19,24H,1,11H2,2-6H3,(H,32,33)/t19-,24+/m0/s1. The van der Waals surface area contributed by atoms with Crippen molar-refractivity contribution in [3.63, 3.8) is 0 Å². The number of nitrogens with one attached hydrogen (secondary N) is 1. The molecule has 4 aromatic rings. The summed E-state index contributed by atoms with van der Waals surface area (Å²) in [7, 11) is -1.15. The van der Waals surface area contributed by atoms with Crippen LogP contribution in [0.1, 0.15) is 30.0 Å². The van der Waals surface area contributed by atoms with Gasteiger partial charge in [-0.25, -0.2) is 18.4 Å². The molecule has 1 N–H and O–H groups in total. The lowest BCUT2D eigenvalue weighted by Gasteiger charge is -2.24. The van der Waals surface area contributed by atoms with E-state index in [-0.39, 0.29) is 18.4 Å². The van der Waals surface area contributed by atoms with Crippen LogP contribution >= 0.6 is 0 Å². The molecule has 0 radical (unpaired) electrons. The van der Waals surface area contributed by atoms with Crippen LogP contribution in [0.15, 0.2) is 61.7 Å². The molecule has 0 spiro atoms. The van der Waals surface area contributed by atoms with Gasteiger partial charge in [0, 0.05) is 30.4 Å². The zero-order chi connectivity index (χ0) is 28.9. The van der Waals surface area contributed by atoms with Gasteiger partial charge in [-0.05, 0) is 50.1 Å². The second-order valence-corrected chi connectivity index (χ2v) is 11.0. The number of para-hydroxylation sites is 1. The summed E-state index contributed by atoms with van der Waals surface area (Å²) in [6.45, 7) is 9.00. The van der Waals surface area contributed by atoms with Gasteiger partial charge in [-0.3, -0.25) is 14.3 Å². The molecule has 1 aromatic carbocycles. The number of methoxy groups -OCH3 is 2. The van der Waals surface area contributed by atoms with E-state index in [2.05, 4.69) is 36.5 Å². The molecule has 0 aliphatic rings. The lowest BCUT2D eigenvalue weighted by molar-refractivity contribution is 0.0670. The number of rotatable bonds is 12. The largest absolute Gasteiger partial charge is 0.494 e. The van der Waals surface area contributed by atoms with Crippen molar-refractivity contribution in [2.45, 2.75) is 32.1 Å². The third kappa shape index (κ3) is 5.95. The van der Waals surface area contributed by atoms with Crippen LogP contribution in [0.4, 0.5) is 5.95 Å². The lowest BCUT2D eigenvalue weighted by atomic mass is 10.2. The van der Waals surface area contributed by atoms with E-state index in [1.54, 1.807) is 43.0 Å². The van der Waals surface area contributed by atoms with E-state index in [1.807, 2.05) is 19.9 Å². The molecule has 0 saturated heterocycles. The summed E-state index contributed by atoms with van der Waals surface area (Å²) in [5, 5.41) is 7.41. The van der Waals surface area contributed by atoms with Crippen LogP contribution < -0.4 is 14.2 Å². The number of anilines is 1. The van der Waals surface area contributed by atoms with Gasteiger partial charge in [0.15, 0.2) is 11.6 Å². The first kappa shape index (κ1) is 28.6. The first-order valence-corrected chi connectivity index (χ1v) is 13.9. The molecule has 0 bridgehead atoms. The number of ether oxygens (including phenoxy) is 3. The third-order valence-corrected chi connectivity index (χ3v) is 7.71. The number of aromatic nitrogens is 6. The van der Waals surface area contributed by atoms with Crippen LogP contribution in [-0.2, 0) is 14.8 Å². The summed E-state index contributed by atoms with van der Waals surface area (Å²) in [5.74, 6) is 1.29.